The van der Waals surface area contributed by atoms with E-state index in [0.717, 1.165) is 18.4 Å². The van der Waals surface area contributed by atoms with Gasteiger partial charge in [0.15, 0.2) is 9.84 Å². The molecule has 1 atom stereocenters. The van der Waals surface area contributed by atoms with Gasteiger partial charge in [0, 0.05) is 22.8 Å². The van der Waals surface area contributed by atoms with Crippen molar-refractivity contribution in [1.82, 2.24) is 9.78 Å². The zero-order valence-corrected chi connectivity index (χ0v) is 14.5. The number of aromatic amines is 1. The molecule has 1 aromatic heterocycles. The number of hydrogen-bond donors (Lipinski definition) is 2. The lowest BCUT2D eigenvalue weighted by molar-refractivity contribution is 0.602. The first kappa shape index (κ1) is 16.9. The highest BCUT2D eigenvalue weighted by Gasteiger charge is 2.15. The van der Waals surface area contributed by atoms with Crippen LogP contribution in [0.25, 0.3) is 5.69 Å². The molecule has 2 rings (SSSR count). The molecule has 120 valence electrons. The monoisotopic (exact) mass is 340 g/mol. The van der Waals surface area contributed by atoms with E-state index in [1.807, 2.05) is 13.8 Å². The van der Waals surface area contributed by atoms with Crippen LogP contribution in [0.1, 0.15) is 24.6 Å². The molecule has 1 aromatic carbocycles. The Hall–Kier alpha value is -1.47. The van der Waals surface area contributed by atoms with Crippen molar-refractivity contribution in [1.29, 1.82) is 0 Å². The molecule has 22 heavy (non-hydrogen) atoms. The number of sulfone groups is 1. The molecule has 0 radical (unpaired) electrons. The summed E-state index contributed by atoms with van der Waals surface area (Å²) in [6.07, 6.45) is 2.65. The average molecular weight is 340 g/mol. The molecule has 1 unspecified atom stereocenters. The minimum Gasteiger partial charge on any atom is -0.295 e. The summed E-state index contributed by atoms with van der Waals surface area (Å²) in [5, 5.41) is 3.18. The van der Waals surface area contributed by atoms with Crippen LogP contribution in [0.4, 0.5) is 0 Å². The maximum atomic E-state index is 12.5. The van der Waals surface area contributed by atoms with Crippen LogP contribution in [0.5, 0.6) is 0 Å². The minimum atomic E-state index is -3.24. The lowest BCUT2D eigenvalue weighted by atomic mass is 10.1. The number of rotatable bonds is 5. The number of hydrogen-bond acceptors (Lipinski definition) is 4. The Morgan fingerprint density at radius 2 is 1.86 bits per heavy atom. The second-order valence-corrected chi connectivity index (χ2v) is 8.13. The number of thiol groups is 1. The second kappa shape index (κ2) is 6.34. The van der Waals surface area contributed by atoms with Crippen molar-refractivity contribution in [3.63, 3.8) is 0 Å². The smallest absolute Gasteiger partial charge is 0.274 e. The molecule has 1 heterocycles. The highest BCUT2D eigenvalue weighted by molar-refractivity contribution is 7.90. The van der Waals surface area contributed by atoms with Gasteiger partial charge in [-0.05, 0) is 44.0 Å². The maximum absolute atomic E-state index is 12.5. The number of H-pyrrole nitrogens is 1. The number of benzene rings is 1. The summed E-state index contributed by atoms with van der Waals surface area (Å²) in [5.41, 5.74) is 2.02. The molecule has 5 nitrogen and oxygen atoms in total. The minimum absolute atomic E-state index is 0.114. The molecule has 0 spiro atoms. The Labute approximate surface area is 135 Å². The van der Waals surface area contributed by atoms with Crippen LogP contribution in [0, 0.1) is 6.92 Å². The number of aromatic nitrogens is 2. The van der Waals surface area contributed by atoms with Crippen LogP contribution in [0.2, 0.25) is 0 Å². The van der Waals surface area contributed by atoms with Crippen LogP contribution in [0.3, 0.4) is 0 Å². The fraction of sp³-hybridized carbons (Fsp3) is 0.400. The van der Waals surface area contributed by atoms with Crippen molar-refractivity contribution in [3.05, 3.63) is 45.9 Å². The van der Waals surface area contributed by atoms with E-state index in [0.29, 0.717) is 17.7 Å². The molecule has 7 heteroatoms. The predicted octanol–water partition coefficient (Wildman–Crippen LogP) is 2.13. The lowest BCUT2D eigenvalue weighted by Gasteiger charge is -2.05. The standard InChI is InChI=1S/C15H20N2O3S2/c1-4-12(21)9-14-10(2)16-17(15(14)18)11-5-7-13(8-6-11)22(3,19)20/h5-8,12,16,21H,4,9H2,1-3H3. The average Bonchev–Trinajstić information content (AvgIpc) is 2.74. The summed E-state index contributed by atoms with van der Waals surface area (Å²) < 4.78 is 24.4. The Bertz CT molecular complexity index is 817. The summed E-state index contributed by atoms with van der Waals surface area (Å²) >= 11 is 4.45. The van der Waals surface area contributed by atoms with Gasteiger partial charge in [-0.2, -0.15) is 12.6 Å². The molecule has 2 aromatic rings. The van der Waals surface area contributed by atoms with Crippen molar-refractivity contribution in [3.8, 4) is 5.69 Å². The van der Waals surface area contributed by atoms with Gasteiger partial charge in [-0.1, -0.05) is 6.92 Å². The van der Waals surface area contributed by atoms with E-state index in [4.69, 9.17) is 0 Å². The highest BCUT2D eigenvalue weighted by atomic mass is 32.2. The van der Waals surface area contributed by atoms with E-state index in [2.05, 4.69) is 17.7 Å². The molecule has 0 aliphatic heterocycles. The SMILES string of the molecule is CCC(S)Cc1c(C)[nH]n(-c2ccc(S(C)(=O)=O)cc2)c1=O. The van der Waals surface area contributed by atoms with E-state index in [9.17, 15) is 13.2 Å². The molecule has 0 aliphatic carbocycles. The Balaban J connectivity index is 2.42. The van der Waals surface area contributed by atoms with Gasteiger partial charge in [-0.15, -0.1) is 0 Å². The van der Waals surface area contributed by atoms with Crippen LogP contribution in [-0.4, -0.2) is 29.7 Å². The Morgan fingerprint density at radius 3 is 2.36 bits per heavy atom. The van der Waals surface area contributed by atoms with Crippen LogP contribution in [0.15, 0.2) is 34.0 Å². The van der Waals surface area contributed by atoms with Gasteiger partial charge >= 0.3 is 0 Å². The van der Waals surface area contributed by atoms with Crippen molar-refractivity contribution in [2.75, 3.05) is 6.26 Å². The zero-order chi connectivity index (χ0) is 16.5. The summed E-state index contributed by atoms with van der Waals surface area (Å²) in [4.78, 5) is 12.7. The molecule has 0 saturated carbocycles. The van der Waals surface area contributed by atoms with E-state index in [-0.39, 0.29) is 15.7 Å². The maximum Gasteiger partial charge on any atom is 0.274 e. The van der Waals surface area contributed by atoms with Crippen molar-refractivity contribution < 1.29 is 8.42 Å². The fourth-order valence-electron chi connectivity index (χ4n) is 2.23. The highest BCUT2D eigenvalue weighted by Crippen LogP contribution is 2.15. The predicted molar refractivity (Wildman–Crippen MR) is 91.0 cm³/mol. The molecule has 0 fully saturated rings. The van der Waals surface area contributed by atoms with E-state index in [1.54, 1.807) is 12.1 Å². The van der Waals surface area contributed by atoms with E-state index < -0.39 is 9.84 Å². The normalized spacial score (nSPS) is 13.3. The molecular weight excluding hydrogens is 320 g/mol. The van der Waals surface area contributed by atoms with Gasteiger partial charge in [-0.3, -0.25) is 9.89 Å². The summed E-state index contributed by atoms with van der Waals surface area (Å²) in [5.74, 6) is 0. The van der Waals surface area contributed by atoms with Gasteiger partial charge in [-0.25, -0.2) is 13.1 Å². The first-order chi connectivity index (χ1) is 10.2. The fourth-order valence-corrected chi connectivity index (χ4v) is 3.04. The van der Waals surface area contributed by atoms with Gasteiger partial charge in [0.05, 0.1) is 10.6 Å². The third-order valence-corrected chi connectivity index (χ3v) is 5.30. The molecule has 0 bridgehead atoms. The number of nitrogens with one attached hydrogen (secondary N) is 1. The number of nitrogens with zero attached hydrogens (tertiary/aromatic N) is 1. The van der Waals surface area contributed by atoms with Gasteiger partial charge in [0.2, 0.25) is 0 Å². The molecule has 0 aliphatic rings. The molecule has 1 N–H and O–H groups in total. The van der Waals surface area contributed by atoms with E-state index >= 15 is 0 Å². The van der Waals surface area contributed by atoms with Crippen molar-refractivity contribution in [2.24, 2.45) is 0 Å². The zero-order valence-electron chi connectivity index (χ0n) is 12.8. The van der Waals surface area contributed by atoms with E-state index in [1.165, 1.54) is 16.8 Å². The van der Waals surface area contributed by atoms with Crippen LogP contribution >= 0.6 is 12.6 Å². The lowest BCUT2D eigenvalue weighted by Crippen LogP contribution is -2.19. The van der Waals surface area contributed by atoms with Crippen LogP contribution < -0.4 is 5.56 Å². The summed E-state index contributed by atoms with van der Waals surface area (Å²) in [6, 6.07) is 6.24. The Kier molecular flexibility index (Phi) is 4.87. The molecule has 0 saturated heterocycles. The first-order valence-corrected chi connectivity index (χ1v) is 9.44. The molecule has 0 amide bonds. The first-order valence-electron chi connectivity index (χ1n) is 7.03. The van der Waals surface area contributed by atoms with Crippen LogP contribution in [-0.2, 0) is 16.3 Å². The quantitative estimate of drug-likeness (QED) is 0.819. The largest absolute Gasteiger partial charge is 0.295 e. The summed E-state index contributed by atoms with van der Waals surface area (Å²) in [6.45, 7) is 3.89. The summed E-state index contributed by atoms with van der Waals surface area (Å²) in [7, 11) is -3.24. The third-order valence-electron chi connectivity index (χ3n) is 3.63. The Morgan fingerprint density at radius 1 is 1.27 bits per heavy atom. The van der Waals surface area contributed by atoms with Gasteiger partial charge in [0.25, 0.3) is 5.56 Å². The van der Waals surface area contributed by atoms with Gasteiger partial charge in [0.1, 0.15) is 0 Å². The second-order valence-electron chi connectivity index (χ2n) is 5.39. The van der Waals surface area contributed by atoms with Crippen molar-refractivity contribution >= 4 is 22.5 Å². The molecular formula is C15H20N2O3S2. The topological polar surface area (TPSA) is 71.9 Å². The van der Waals surface area contributed by atoms with Crippen molar-refractivity contribution in [2.45, 2.75) is 36.8 Å². The van der Waals surface area contributed by atoms with Gasteiger partial charge < -0.3 is 0 Å². The third kappa shape index (κ3) is 3.47. The number of aryl methyl sites for hydroxylation is 1.